The molecule has 1 amide bonds. The van der Waals surface area contributed by atoms with Gasteiger partial charge in [-0.25, -0.2) is 8.78 Å². The molecule has 1 saturated carbocycles. The van der Waals surface area contributed by atoms with Crippen LogP contribution < -0.4 is 0 Å². The molecule has 2 unspecified atom stereocenters. The van der Waals surface area contributed by atoms with Crippen molar-refractivity contribution in [3.8, 4) is 0 Å². The number of carbonyl (C=O) groups excluding carboxylic acids is 1. The number of amides is 1. The molecule has 15 heavy (non-hydrogen) atoms. The molecule has 2 aliphatic rings. The molecular weight excluding hydrogens is 268 g/mol. The van der Waals surface area contributed by atoms with Gasteiger partial charge in [0.1, 0.15) is 5.92 Å². The van der Waals surface area contributed by atoms with E-state index in [1.165, 1.54) is 0 Å². The normalized spacial score (nSPS) is 34.7. The summed E-state index contributed by atoms with van der Waals surface area (Å²) in [6.45, 7) is 1.19. The second-order valence-corrected chi connectivity index (χ2v) is 5.67. The summed E-state index contributed by atoms with van der Waals surface area (Å²) < 4.78 is 26.7. The van der Waals surface area contributed by atoms with Crippen LogP contribution in [0.25, 0.3) is 0 Å². The van der Waals surface area contributed by atoms with Gasteiger partial charge < -0.3 is 4.90 Å². The SMILES string of the molecule is O=C(C1CCCC1(F)F)N1CCC(Br)C1. The van der Waals surface area contributed by atoms with Gasteiger partial charge in [-0.15, -0.1) is 0 Å². The maximum atomic E-state index is 13.4. The van der Waals surface area contributed by atoms with Crippen LogP contribution in [0.2, 0.25) is 0 Å². The van der Waals surface area contributed by atoms with Gasteiger partial charge in [-0.2, -0.15) is 0 Å². The van der Waals surface area contributed by atoms with E-state index >= 15 is 0 Å². The summed E-state index contributed by atoms with van der Waals surface area (Å²) in [6.07, 6.45) is 1.54. The fraction of sp³-hybridized carbons (Fsp3) is 0.900. The number of likely N-dealkylation sites (tertiary alicyclic amines) is 1. The lowest BCUT2D eigenvalue weighted by Crippen LogP contribution is -2.40. The van der Waals surface area contributed by atoms with Gasteiger partial charge in [-0.05, 0) is 19.3 Å². The second kappa shape index (κ2) is 4.00. The zero-order valence-electron chi connectivity index (χ0n) is 8.39. The summed E-state index contributed by atoms with van der Waals surface area (Å²) in [5.41, 5.74) is 0. The molecule has 0 N–H and O–H groups in total. The average molecular weight is 282 g/mol. The molecule has 1 aliphatic carbocycles. The summed E-state index contributed by atoms with van der Waals surface area (Å²) in [5, 5.41) is 0. The number of alkyl halides is 3. The molecule has 0 aromatic carbocycles. The molecule has 5 heteroatoms. The van der Waals surface area contributed by atoms with Crippen molar-refractivity contribution in [2.45, 2.75) is 36.4 Å². The molecule has 1 saturated heterocycles. The zero-order chi connectivity index (χ0) is 11.1. The first-order chi connectivity index (χ1) is 7.00. The number of nitrogens with zero attached hydrogens (tertiary/aromatic N) is 1. The van der Waals surface area contributed by atoms with Crippen molar-refractivity contribution in [1.29, 1.82) is 0 Å². The Morgan fingerprint density at radius 3 is 2.60 bits per heavy atom. The quantitative estimate of drug-likeness (QED) is 0.676. The topological polar surface area (TPSA) is 20.3 Å². The molecule has 1 aliphatic heterocycles. The minimum absolute atomic E-state index is 0.130. The predicted molar refractivity (Wildman–Crippen MR) is 56.2 cm³/mol. The molecule has 0 radical (unpaired) electrons. The highest BCUT2D eigenvalue weighted by atomic mass is 79.9. The molecule has 0 bridgehead atoms. The minimum Gasteiger partial charge on any atom is -0.341 e. The Morgan fingerprint density at radius 2 is 2.13 bits per heavy atom. The lowest BCUT2D eigenvalue weighted by molar-refractivity contribution is -0.145. The van der Waals surface area contributed by atoms with Crippen molar-refractivity contribution in [3.63, 3.8) is 0 Å². The molecule has 2 nitrogen and oxygen atoms in total. The van der Waals surface area contributed by atoms with E-state index in [1.54, 1.807) is 4.90 Å². The number of hydrogen-bond donors (Lipinski definition) is 0. The maximum absolute atomic E-state index is 13.4. The highest BCUT2D eigenvalue weighted by molar-refractivity contribution is 9.09. The third-order valence-electron chi connectivity index (χ3n) is 3.25. The van der Waals surface area contributed by atoms with Gasteiger partial charge in [0, 0.05) is 24.3 Å². The predicted octanol–water partition coefficient (Wildman–Crippen LogP) is 2.42. The van der Waals surface area contributed by atoms with Crippen LogP contribution in [0.4, 0.5) is 8.78 Å². The van der Waals surface area contributed by atoms with Crippen molar-refractivity contribution in [2.75, 3.05) is 13.1 Å². The Hall–Kier alpha value is -0.190. The Morgan fingerprint density at radius 1 is 1.40 bits per heavy atom. The summed E-state index contributed by atoms with van der Waals surface area (Å²) in [4.78, 5) is 13.7. The van der Waals surface area contributed by atoms with E-state index in [0.29, 0.717) is 25.9 Å². The Labute approximate surface area is 96.1 Å². The molecule has 2 fully saturated rings. The molecule has 2 atom stereocenters. The first-order valence-corrected chi connectivity index (χ1v) is 6.23. The standard InChI is InChI=1S/C10H14BrF2NO/c11-7-3-5-14(6-7)9(15)8-2-1-4-10(8,12)13/h7-8H,1-6H2. The number of carbonyl (C=O) groups is 1. The number of halogens is 3. The average Bonchev–Trinajstić information content (AvgIpc) is 2.70. The van der Waals surface area contributed by atoms with E-state index in [0.717, 1.165) is 6.42 Å². The van der Waals surface area contributed by atoms with Gasteiger partial charge in [0.05, 0.1) is 0 Å². The lowest BCUT2D eigenvalue weighted by Gasteiger charge is -2.24. The second-order valence-electron chi connectivity index (χ2n) is 4.38. The van der Waals surface area contributed by atoms with Crippen LogP contribution in [-0.4, -0.2) is 34.6 Å². The van der Waals surface area contributed by atoms with Crippen molar-refractivity contribution >= 4 is 21.8 Å². The van der Waals surface area contributed by atoms with Crippen molar-refractivity contribution < 1.29 is 13.6 Å². The fourth-order valence-electron chi connectivity index (χ4n) is 2.37. The maximum Gasteiger partial charge on any atom is 0.259 e. The summed E-state index contributed by atoms with van der Waals surface area (Å²) >= 11 is 3.40. The zero-order valence-corrected chi connectivity index (χ0v) is 9.97. The van der Waals surface area contributed by atoms with Crippen LogP contribution >= 0.6 is 15.9 Å². The van der Waals surface area contributed by atoms with Gasteiger partial charge in [0.25, 0.3) is 5.92 Å². The van der Waals surface area contributed by atoms with E-state index in [9.17, 15) is 13.6 Å². The van der Waals surface area contributed by atoms with Crippen LogP contribution in [0.3, 0.4) is 0 Å². The monoisotopic (exact) mass is 281 g/mol. The van der Waals surface area contributed by atoms with E-state index in [4.69, 9.17) is 0 Å². The van der Waals surface area contributed by atoms with Crippen molar-refractivity contribution in [2.24, 2.45) is 5.92 Å². The first-order valence-electron chi connectivity index (χ1n) is 5.31. The minimum atomic E-state index is -2.78. The van der Waals surface area contributed by atoms with Crippen LogP contribution in [0.5, 0.6) is 0 Å². The van der Waals surface area contributed by atoms with Gasteiger partial charge in [0.15, 0.2) is 0 Å². The van der Waals surface area contributed by atoms with Gasteiger partial charge >= 0.3 is 0 Å². The third kappa shape index (κ3) is 2.17. The van der Waals surface area contributed by atoms with Crippen LogP contribution in [0.1, 0.15) is 25.7 Å². The van der Waals surface area contributed by atoms with Crippen LogP contribution in [0.15, 0.2) is 0 Å². The van der Waals surface area contributed by atoms with Gasteiger partial charge in [-0.1, -0.05) is 15.9 Å². The van der Waals surface area contributed by atoms with E-state index < -0.39 is 11.8 Å². The summed E-state index contributed by atoms with van der Waals surface area (Å²) in [7, 11) is 0. The van der Waals surface area contributed by atoms with Crippen molar-refractivity contribution in [1.82, 2.24) is 4.90 Å². The third-order valence-corrected chi connectivity index (χ3v) is 4.00. The van der Waals surface area contributed by atoms with Gasteiger partial charge in [-0.3, -0.25) is 4.79 Å². The summed E-state index contributed by atoms with van der Waals surface area (Å²) in [5.74, 6) is -4.18. The largest absolute Gasteiger partial charge is 0.341 e. The highest BCUT2D eigenvalue weighted by Gasteiger charge is 2.49. The van der Waals surface area contributed by atoms with E-state index in [1.807, 2.05) is 0 Å². The summed E-state index contributed by atoms with van der Waals surface area (Å²) in [6, 6.07) is 0. The molecule has 1 heterocycles. The molecule has 2 rings (SSSR count). The Bertz CT molecular complexity index is 272. The number of rotatable bonds is 1. The molecule has 86 valence electrons. The van der Waals surface area contributed by atoms with Crippen LogP contribution in [-0.2, 0) is 4.79 Å². The molecule has 0 spiro atoms. The van der Waals surface area contributed by atoms with E-state index in [-0.39, 0.29) is 17.2 Å². The smallest absolute Gasteiger partial charge is 0.259 e. The molecular formula is C10H14BrF2NO. The van der Waals surface area contributed by atoms with Gasteiger partial charge in [0.2, 0.25) is 5.91 Å². The molecule has 0 aromatic rings. The fourth-order valence-corrected chi connectivity index (χ4v) is 2.92. The number of hydrogen-bond acceptors (Lipinski definition) is 1. The first kappa shape index (κ1) is 11.3. The molecule has 0 aromatic heterocycles. The Balaban J connectivity index is 2.02. The van der Waals surface area contributed by atoms with E-state index in [2.05, 4.69) is 15.9 Å². The van der Waals surface area contributed by atoms with Crippen LogP contribution in [0, 0.1) is 5.92 Å². The van der Waals surface area contributed by atoms with Crippen molar-refractivity contribution in [3.05, 3.63) is 0 Å². The Kier molecular flexibility index (Phi) is 3.01. The lowest BCUT2D eigenvalue weighted by atomic mass is 10.0. The highest BCUT2D eigenvalue weighted by Crippen LogP contribution is 2.41.